The van der Waals surface area contributed by atoms with Crippen molar-refractivity contribution in [3.05, 3.63) is 35.8 Å². The number of fused-ring (bicyclic) bond motifs is 1. The van der Waals surface area contributed by atoms with Crippen molar-refractivity contribution < 1.29 is 5.11 Å². The van der Waals surface area contributed by atoms with Gasteiger partial charge in [0.2, 0.25) is 0 Å². The highest BCUT2D eigenvalue weighted by molar-refractivity contribution is 5.41. The van der Waals surface area contributed by atoms with Crippen LogP contribution in [-0.2, 0) is 6.54 Å². The van der Waals surface area contributed by atoms with Crippen molar-refractivity contribution >= 4 is 5.65 Å². The highest BCUT2D eigenvalue weighted by atomic mass is 16.3. The summed E-state index contributed by atoms with van der Waals surface area (Å²) in [6.45, 7) is 7.53. The van der Waals surface area contributed by atoms with Crippen molar-refractivity contribution in [2.45, 2.75) is 33.2 Å². The van der Waals surface area contributed by atoms with Crippen molar-refractivity contribution in [3.63, 3.8) is 0 Å². The van der Waals surface area contributed by atoms with Gasteiger partial charge in [0.05, 0.1) is 11.9 Å². The zero-order valence-corrected chi connectivity index (χ0v) is 12.3. The number of nitrogens with zero attached hydrogens (tertiary/aromatic N) is 3. The van der Waals surface area contributed by atoms with Crippen molar-refractivity contribution in [2.75, 3.05) is 19.7 Å². The number of piperidine rings is 1. The quantitative estimate of drug-likeness (QED) is 0.932. The van der Waals surface area contributed by atoms with E-state index in [4.69, 9.17) is 0 Å². The number of pyridine rings is 1. The molecule has 0 amide bonds. The molecule has 0 spiro atoms. The number of aromatic nitrogens is 2. The first-order chi connectivity index (χ1) is 9.59. The third kappa shape index (κ3) is 2.58. The molecule has 3 heterocycles. The molecule has 1 fully saturated rings. The van der Waals surface area contributed by atoms with Gasteiger partial charge in [0.15, 0.2) is 0 Å². The number of likely N-dealkylation sites (tertiary alicyclic amines) is 1. The van der Waals surface area contributed by atoms with Crippen molar-refractivity contribution in [1.82, 2.24) is 14.3 Å². The molecule has 2 aromatic rings. The van der Waals surface area contributed by atoms with Crippen LogP contribution >= 0.6 is 0 Å². The van der Waals surface area contributed by atoms with E-state index < -0.39 is 0 Å². The molecule has 1 N–H and O–H groups in total. The Labute approximate surface area is 120 Å². The van der Waals surface area contributed by atoms with E-state index in [9.17, 15) is 5.11 Å². The molecule has 1 aliphatic heterocycles. The highest BCUT2D eigenvalue weighted by Gasteiger charge is 2.30. The average Bonchev–Trinajstić information content (AvgIpc) is 2.81. The second kappa shape index (κ2) is 5.19. The summed E-state index contributed by atoms with van der Waals surface area (Å²) in [5.41, 5.74) is 3.53. The van der Waals surface area contributed by atoms with E-state index in [1.54, 1.807) is 0 Å². The lowest BCUT2D eigenvalue weighted by atomic mass is 9.83. The predicted octanol–water partition coefficient (Wildman–Crippen LogP) is 2.24. The molecule has 0 bridgehead atoms. The minimum atomic E-state index is 0.0503. The summed E-state index contributed by atoms with van der Waals surface area (Å²) >= 11 is 0. The Morgan fingerprint density at radius 2 is 2.25 bits per heavy atom. The Bertz CT molecular complexity index is 607. The van der Waals surface area contributed by atoms with Gasteiger partial charge in [-0.3, -0.25) is 4.90 Å². The Morgan fingerprint density at radius 3 is 3.05 bits per heavy atom. The molecular weight excluding hydrogens is 250 g/mol. The first-order valence-electron chi connectivity index (χ1n) is 7.35. The molecule has 4 nitrogen and oxygen atoms in total. The molecule has 1 aliphatic rings. The molecule has 0 radical (unpaired) electrons. The van der Waals surface area contributed by atoms with E-state index in [-0.39, 0.29) is 12.0 Å². The Kier molecular flexibility index (Phi) is 3.52. The molecule has 3 rings (SSSR count). The fraction of sp³-hybridized carbons (Fsp3) is 0.562. The third-order valence-electron chi connectivity index (χ3n) is 4.36. The second-order valence-corrected chi connectivity index (χ2v) is 6.47. The van der Waals surface area contributed by atoms with E-state index >= 15 is 0 Å². The van der Waals surface area contributed by atoms with Gasteiger partial charge in [-0.15, -0.1) is 0 Å². The van der Waals surface area contributed by atoms with Gasteiger partial charge >= 0.3 is 0 Å². The fourth-order valence-electron chi connectivity index (χ4n) is 3.17. The first kappa shape index (κ1) is 13.6. The van der Waals surface area contributed by atoms with Crippen molar-refractivity contribution in [1.29, 1.82) is 0 Å². The van der Waals surface area contributed by atoms with Gasteiger partial charge in [-0.2, -0.15) is 0 Å². The Hall–Kier alpha value is -1.39. The summed E-state index contributed by atoms with van der Waals surface area (Å²) in [5.74, 6) is 0. The van der Waals surface area contributed by atoms with Gasteiger partial charge in [-0.1, -0.05) is 13.0 Å². The van der Waals surface area contributed by atoms with Crippen LogP contribution in [0.25, 0.3) is 5.65 Å². The highest BCUT2D eigenvalue weighted by Crippen LogP contribution is 2.29. The van der Waals surface area contributed by atoms with Crippen LogP contribution in [0.3, 0.4) is 0 Å². The fourth-order valence-corrected chi connectivity index (χ4v) is 3.17. The molecule has 0 aliphatic carbocycles. The number of hydrogen-bond donors (Lipinski definition) is 1. The standard InChI is InChI=1S/C16H23N3O/c1-13-4-5-15-17-8-14(19(15)9-13)10-18-7-3-6-16(2,11-18)12-20/h4-5,8-9,20H,3,6-7,10-12H2,1-2H3. The molecule has 1 saturated heterocycles. The minimum Gasteiger partial charge on any atom is -0.396 e. The van der Waals surface area contributed by atoms with Gasteiger partial charge in [0, 0.05) is 31.3 Å². The van der Waals surface area contributed by atoms with Crippen molar-refractivity contribution in [3.8, 4) is 0 Å². The summed E-state index contributed by atoms with van der Waals surface area (Å²) in [6.07, 6.45) is 6.39. The number of rotatable bonds is 3. The summed E-state index contributed by atoms with van der Waals surface area (Å²) in [6, 6.07) is 4.16. The maximum Gasteiger partial charge on any atom is 0.136 e. The predicted molar refractivity (Wildman–Crippen MR) is 79.6 cm³/mol. The average molecular weight is 273 g/mol. The number of aryl methyl sites for hydroxylation is 1. The van der Waals surface area contributed by atoms with Crippen LogP contribution in [0.15, 0.2) is 24.5 Å². The van der Waals surface area contributed by atoms with E-state index in [1.807, 2.05) is 6.20 Å². The van der Waals surface area contributed by atoms with Crippen LogP contribution in [0.4, 0.5) is 0 Å². The van der Waals surface area contributed by atoms with Crippen LogP contribution in [0.1, 0.15) is 31.0 Å². The molecule has 1 unspecified atom stereocenters. The number of hydrogen-bond acceptors (Lipinski definition) is 3. The summed E-state index contributed by atoms with van der Waals surface area (Å²) in [5, 5.41) is 9.56. The van der Waals surface area contributed by atoms with E-state index in [1.165, 1.54) is 11.3 Å². The normalized spacial score (nSPS) is 24.4. The van der Waals surface area contributed by atoms with E-state index in [0.29, 0.717) is 0 Å². The van der Waals surface area contributed by atoms with Gasteiger partial charge in [0.25, 0.3) is 0 Å². The Balaban J connectivity index is 1.81. The molecule has 0 aromatic carbocycles. The number of aliphatic hydroxyl groups excluding tert-OH is 1. The lowest BCUT2D eigenvalue weighted by Crippen LogP contribution is -2.43. The van der Waals surface area contributed by atoms with E-state index in [2.05, 4.69) is 46.5 Å². The number of imidazole rings is 1. The van der Waals surface area contributed by atoms with Gasteiger partial charge in [-0.25, -0.2) is 4.98 Å². The lowest BCUT2D eigenvalue weighted by molar-refractivity contribution is 0.0422. The van der Waals surface area contributed by atoms with E-state index in [0.717, 1.165) is 38.1 Å². The van der Waals surface area contributed by atoms with Crippen LogP contribution < -0.4 is 0 Å². The molecule has 2 aromatic heterocycles. The second-order valence-electron chi connectivity index (χ2n) is 6.47. The minimum absolute atomic E-state index is 0.0503. The SMILES string of the molecule is Cc1ccc2ncc(CN3CCCC(C)(CO)C3)n2c1. The molecule has 108 valence electrons. The third-order valence-corrected chi connectivity index (χ3v) is 4.36. The summed E-state index contributed by atoms with van der Waals surface area (Å²) in [7, 11) is 0. The molecule has 20 heavy (non-hydrogen) atoms. The molecule has 0 saturated carbocycles. The molecule has 4 heteroatoms. The smallest absolute Gasteiger partial charge is 0.136 e. The first-order valence-corrected chi connectivity index (χ1v) is 7.35. The summed E-state index contributed by atoms with van der Waals surface area (Å²) in [4.78, 5) is 6.90. The maximum absolute atomic E-state index is 9.56. The maximum atomic E-state index is 9.56. The van der Waals surface area contributed by atoms with Gasteiger partial charge < -0.3 is 9.51 Å². The summed E-state index contributed by atoms with van der Waals surface area (Å²) < 4.78 is 2.18. The van der Waals surface area contributed by atoms with Gasteiger partial charge in [-0.05, 0) is 37.9 Å². The lowest BCUT2D eigenvalue weighted by Gasteiger charge is -2.39. The molecule has 1 atom stereocenters. The van der Waals surface area contributed by atoms with Gasteiger partial charge in [0.1, 0.15) is 5.65 Å². The topological polar surface area (TPSA) is 40.8 Å². The zero-order chi connectivity index (χ0) is 14.2. The van der Waals surface area contributed by atoms with Crippen molar-refractivity contribution in [2.24, 2.45) is 5.41 Å². The van der Waals surface area contributed by atoms with Crippen LogP contribution in [0.5, 0.6) is 0 Å². The monoisotopic (exact) mass is 273 g/mol. The zero-order valence-electron chi connectivity index (χ0n) is 12.3. The Morgan fingerprint density at radius 1 is 1.40 bits per heavy atom. The van der Waals surface area contributed by atoms with Crippen LogP contribution in [0.2, 0.25) is 0 Å². The van der Waals surface area contributed by atoms with Crippen LogP contribution in [0, 0.1) is 12.3 Å². The van der Waals surface area contributed by atoms with Crippen LogP contribution in [-0.4, -0.2) is 39.1 Å². The number of aliphatic hydroxyl groups is 1. The molecular formula is C16H23N3O. The largest absolute Gasteiger partial charge is 0.396 e.